The van der Waals surface area contributed by atoms with Crippen LogP contribution in [-0.4, -0.2) is 0 Å². The van der Waals surface area contributed by atoms with Crippen LogP contribution in [0.15, 0.2) is 42.5 Å². The molecule has 0 fully saturated rings. The van der Waals surface area contributed by atoms with Crippen LogP contribution in [0.4, 0.5) is 0 Å². The summed E-state index contributed by atoms with van der Waals surface area (Å²) in [6.07, 6.45) is 8.08. The fourth-order valence-corrected chi connectivity index (χ4v) is 2.00. The highest BCUT2D eigenvalue weighted by atomic mass is 14.2. The van der Waals surface area contributed by atoms with Gasteiger partial charge in [-0.3, -0.25) is 0 Å². The van der Waals surface area contributed by atoms with Crippen molar-refractivity contribution in [3.8, 4) is 0 Å². The Morgan fingerprint density at radius 3 is 2.58 bits per heavy atom. The Kier molecular flexibility index (Phi) is 1.09. The lowest BCUT2D eigenvalue weighted by Crippen LogP contribution is -2.02. The first kappa shape index (κ1) is 6.24. The number of benzene rings is 1. The highest BCUT2D eigenvalue weighted by Gasteiger charge is 2.15. The standard InChI is InChI=1S/C12H10/c1-2-10-4-3-9(1)11-5-7-12(10)8-6-11/h1-7,12H,8H2. The zero-order valence-corrected chi connectivity index (χ0v) is 6.83. The fourth-order valence-electron chi connectivity index (χ4n) is 2.00. The predicted octanol–water partition coefficient (Wildman–Crippen LogP) is 3.13. The smallest absolute Gasteiger partial charge is 0.00561 e. The van der Waals surface area contributed by atoms with Crippen molar-refractivity contribution in [1.29, 1.82) is 0 Å². The summed E-state index contributed by atoms with van der Waals surface area (Å²) in [7, 11) is 0. The molecule has 1 aromatic carbocycles. The number of allylic oxidation sites excluding steroid dienone is 4. The molecule has 5 aliphatic carbocycles. The molecule has 6 rings (SSSR count). The van der Waals surface area contributed by atoms with Gasteiger partial charge in [0.25, 0.3) is 0 Å². The van der Waals surface area contributed by atoms with Gasteiger partial charge in [-0.2, -0.15) is 0 Å². The van der Waals surface area contributed by atoms with Crippen LogP contribution in [-0.2, 0) is 0 Å². The van der Waals surface area contributed by atoms with E-state index in [2.05, 4.69) is 42.5 Å². The maximum absolute atomic E-state index is 2.34. The molecule has 0 heteroatoms. The Morgan fingerprint density at radius 1 is 1.08 bits per heavy atom. The molecule has 0 aromatic heterocycles. The van der Waals surface area contributed by atoms with Gasteiger partial charge in [0.2, 0.25) is 0 Å². The van der Waals surface area contributed by atoms with Gasteiger partial charge in [0.15, 0.2) is 0 Å². The third-order valence-corrected chi connectivity index (χ3v) is 2.77. The van der Waals surface area contributed by atoms with E-state index in [-0.39, 0.29) is 0 Å². The molecule has 5 aliphatic rings. The molecule has 1 unspecified atom stereocenters. The molecule has 12 heavy (non-hydrogen) atoms. The number of hydrogen-bond acceptors (Lipinski definition) is 0. The average molecular weight is 154 g/mol. The van der Waals surface area contributed by atoms with Crippen LogP contribution in [0.2, 0.25) is 0 Å². The summed E-state index contributed by atoms with van der Waals surface area (Å²) in [5.41, 5.74) is 4.19. The summed E-state index contributed by atoms with van der Waals surface area (Å²) in [6, 6.07) is 8.93. The summed E-state index contributed by atoms with van der Waals surface area (Å²) in [4.78, 5) is 0. The van der Waals surface area contributed by atoms with E-state index in [9.17, 15) is 0 Å². The van der Waals surface area contributed by atoms with Crippen LogP contribution in [0, 0.1) is 0 Å². The van der Waals surface area contributed by atoms with E-state index >= 15 is 0 Å². The van der Waals surface area contributed by atoms with Crippen molar-refractivity contribution in [3.63, 3.8) is 0 Å². The summed E-state index contributed by atoms with van der Waals surface area (Å²) in [5.74, 6) is 0.628. The van der Waals surface area contributed by atoms with Gasteiger partial charge in [0, 0.05) is 5.92 Å². The first-order valence-corrected chi connectivity index (χ1v) is 4.42. The zero-order chi connectivity index (χ0) is 7.97. The average Bonchev–Trinajstić information content (AvgIpc) is 2.13. The van der Waals surface area contributed by atoms with Crippen LogP contribution in [0.1, 0.15) is 23.5 Å². The van der Waals surface area contributed by atoms with Gasteiger partial charge in [-0.1, -0.05) is 42.5 Å². The first-order valence-electron chi connectivity index (χ1n) is 4.42. The molecule has 0 spiro atoms. The molecule has 0 nitrogen and oxygen atoms in total. The van der Waals surface area contributed by atoms with Gasteiger partial charge in [-0.25, -0.2) is 0 Å². The Labute approximate surface area is 72.2 Å². The SMILES string of the molecule is C1=CC2CC=C1c1ccc2cc1. The largest absolute Gasteiger partial charge is 0.0761 e. The molecular weight excluding hydrogens is 144 g/mol. The van der Waals surface area contributed by atoms with Gasteiger partial charge in [-0.15, -0.1) is 0 Å². The van der Waals surface area contributed by atoms with E-state index in [1.165, 1.54) is 23.1 Å². The molecule has 0 aliphatic heterocycles. The molecular formula is C12H10. The van der Waals surface area contributed by atoms with E-state index in [1.54, 1.807) is 0 Å². The molecule has 4 bridgehead atoms. The minimum Gasteiger partial charge on any atom is -0.0761 e. The Morgan fingerprint density at radius 2 is 1.92 bits per heavy atom. The lowest BCUT2D eigenvalue weighted by atomic mass is 9.84. The van der Waals surface area contributed by atoms with Crippen LogP contribution < -0.4 is 0 Å². The van der Waals surface area contributed by atoms with E-state index in [0.29, 0.717) is 5.92 Å². The Balaban J connectivity index is 2.36. The molecule has 0 N–H and O–H groups in total. The van der Waals surface area contributed by atoms with E-state index in [4.69, 9.17) is 0 Å². The van der Waals surface area contributed by atoms with Crippen molar-refractivity contribution in [1.82, 2.24) is 0 Å². The highest BCUT2D eigenvalue weighted by molar-refractivity contribution is 5.76. The fraction of sp³-hybridized carbons (Fsp3) is 0.167. The molecule has 0 saturated carbocycles. The summed E-state index contributed by atoms with van der Waals surface area (Å²) in [5, 5.41) is 0. The Bertz CT molecular complexity index is 366. The quantitative estimate of drug-likeness (QED) is 0.538. The van der Waals surface area contributed by atoms with Crippen molar-refractivity contribution in [3.05, 3.63) is 53.6 Å². The second kappa shape index (κ2) is 2.10. The van der Waals surface area contributed by atoms with Crippen molar-refractivity contribution >= 4 is 5.57 Å². The van der Waals surface area contributed by atoms with Crippen LogP contribution in [0.5, 0.6) is 0 Å². The molecule has 0 heterocycles. The van der Waals surface area contributed by atoms with Gasteiger partial charge >= 0.3 is 0 Å². The Hall–Kier alpha value is -1.30. The maximum Gasteiger partial charge on any atom is 0.00561 e. The van der Waals surface area contributed by atoms with Crippen LogP contribution in [0.3, 0.4) is 0 Å². The van der Waals surface area contributed by atoms with Gasteiger partial charge < -0.3 is 0 Å². The first-order chi connectivity index (χ1) is 5.93. The van der Waals surface area contributed by atoms with Crippen LogP contribution in [0.25, 0.3) is 5.57 Å². The number of rotatable bonds is 0. The topological polar surface area (TPSA) is 0 Å². The minimum absolute atomic E-state index is 0.628. The normalized spacial score (nSPS) is 23.7. The molecule has 58 valence electrons. The van der Waals surface area contributed by atoms with Crippen molar-refractivity contribution in [2.45, 2.75) is 12.3 Å². The molecule has 0 radical (unpaired) electrons. The third-order valence-electron chi connectivity index (χ3n) is 2.77. The van der Waals surface area contributed by atoms with Gasteiger partial charge in [0.1, 0.15) is 0 Å². The summed E-state index contributed by atoms with van der Waals surface area (Å²) < 4.78 is 0. The third kappa shape index (κ3) is 0.724. The summed E-state index contributed by atoms with van der Waals surface area (Å²) >= 11 is 0. The highest BCUT2D eigenvalue weighted by Crippen LogP contribution is 2.34. The van der Waals surface area contributed by atoms with E-state index in [0.717, 1.165) is 0 Å². The zero-order valence-electron chi connectivity index (χ0n) is 6.83. The monoisotopic (exact) mass is 154 g/mol. The maximum atomic E-state index is 2.34. The molecule has 1 aromatic rings. The van der Waals surface area contributed by atoms with Gasteiger partial charge in [0.05, 0.1) is 0 Å². The lowest BCUT2D eigenvalue weighted by molar-refractivity contribution is 0.851. The second-order valence-electron chi connectivity index (χ2n) is 3.48. The summed E-state index contributed by atoms with van der Waals surface area (Å²) in [6.45, 7) is 0. The lowest BCUT2D eigenvalue weighted by Gasteiger charge is -2.21. The van der Waals surface area contributed by atoms with Crippen molar-refractivity contribution in [2.24, 2.45) is 0 Å². The second-order valence-corrected chi connectivity index (χ2v) is 3.48. The van der Waals surface area contributed by atoms with E-state index in [1.807, 2.05) is 0 Å². The predicted molar refractivity (Wildman–Crippen MR) is 50.9 cm³/mol. The number of hydrogen-bond donors (Lipinski definition) is 0. The van der Waals surface area contributed by atoms with Crippen molar-refractivity contribution in [2.75, 3.05) is 0 Å². The van der Waals surface area contributed by atoms with E-state index < -0.39 is 0 Å². The van der Waals surface area contributed by atoms with Gasteiger partial charge in [-0.05, 0) is 23.1 Å². The van der Waals surface area contributed by atoms with Crippen molar-refractivity contribution < 1.29 is 0 Å². The minimum atomic E-state index is 0.628. The molecule has 0 saturated heterocycles. The van der Waals surface area contributed by atoms with Crippen LogP contribution >= 0.6 is 0 Å². The molecule has 0 amide bonds. The molecule has 1 atom stereocenters.